The van der Waals surface area contributed by atoms with Crippen LogP contribution in [0.2, 0.25) is 4.34 Å². The number of benzene rings is 1. The third kappa shape index (κ3) is 5.49. The number of nitrogens with zero attached hydrogens (tertiary/aromatic N) is 3. The number of hydrogen-bond acceptors (Lipinski definition) is 6. The minimum atomic E-state index is -3.67. The molecule has 0 saturated heterocycles. The van der Waals surface area contributed by atoms with E-state index >= 15 is 0 Å². The SMILES string of the molecule is CN(Cc1nsc(NC(=O)NCc2ccc(Cl)s2)n1)C(=O)C(F)(F)c1ccccc1. The summed E-state index contributed by atoms with van der Waals surface area (Å²) in [5, 5.41) is 5.34. The molecule has 0 unspecified atom stereocenters. The van der Waals surface area contributed by atoms with Gasteiger partial charge in [0.05, 0.1) is 17.4 Å². The number of hydrogen-bond donors (Lipinski definition) is 2. The Balaban J connectivity index is 1.54. The van der Waals surface area contributed by atoms with Crippen molar-refractivity contribution < 1.29 is 18.4 Å². The van der Waals surface area contributed by atoms with Crippen LogP contribution in [0, 0.1) is 0 Å². The van der Waals surface area contributed by atoms with Crippen LogP contribution in [0.5, 0.6) is 0 Å². The van der Waals surface area contributed by atoms with E-state index in [-0.39, 0.29) is 23.1 Å². The van der Waals surface area contributed by atoms with Crippen molar-refractivity contribution >= 4 is 51.5 Å². The second kappa shape index (κ2) is 9.45. The van der Waals surface area contributed by atoms with Gasteiger partial charge in [-0.3, -0.25) is 10.1 Å². The Morgan fingerprint density at radius 3 is 2.60 bits per heavy atom. The highest BCUT2D eigenvalue weighted by molar-refractivity contribution is 7.16. The Labute approximate surface area is 183 Å². The lowest BCUT2D eigenvalue weighted by Crippen LogP contribution is -2.39. The number of carbonyl (C=O) groups is 2. The number of nitrogens with one attached hydrogen (secondary N) is 2. The van der Waals surface area contributed by atoms with Gasteiger partial charge in [0.2, 0.25) is 5.13 Å². The summed E-state index contributed by atoms with van der Waals surface area (Å²) in [4.78, 5) is 29.9. The molecule has 12 heteroatoms. The van der Waals surface area contributed by atoms with Crippen molar-refractivity contribution in [2.24, 2.45) is 0 Å². The molecule has 7 nitrogen and oxygen atoms in total. The summed E-state index contributed by atoms with van der Waals surface area (Å²) in [6, 6.07) is 9.89. The summed E-state index contributed by atoms with van der Waals surface area (Å²) < 4.78 is 33.4. The molecule has 0 aliphatic carbocycles. The van der Waals surface area contributed by atoms with Gasteiger partial charge in [-0.25, -0.2) is 9.78 Å². The molecule has 30 heavy (non-hydrogen) atoms. The first kappa shape index (κ1) is 22.1. The van der Waals surface area contributed by atoms with Crippen LogP contribution >= 0.6 is 34.5 Å². The molecule has 0 bridgehead atoms. The third-order valence-corrected chi connectivity index (χ3v) is 5.77. The van der Waals surface area contributed by atoms with Crippen LogP contribution in [0.4, 0.5) is 18.7 Å². The van der Waals surface area contributed by atoms with E-state index in [9.17, 15) is 18.4 Å². The van der Waals surface area contributed by atoms with E-state index in [0.29, 0.717) is 10.9 Å². The lowest BCUT2D eigenvalue weighted by atomic mass is 10.1. The molecular formula is C18H16ClF2N5O2S2. The molecule has 0 spiro atoms. The second-order valence-electron chi connectivity index (χ2n) is 6.13. The van der Waals surface area contributed by atoms with E-state index in [0.717, 1.165) is 21.3 Å². The second-order valence-corrected chi connectivity index (χ2v) is 8.68. The van der Waals surface area contributed by atoms with Gasteiger partial charge >= 0.3 is 12.0 Å². The molecule has 3 amide bonds. The zero-order valence-electron chi connectivity index (χ0n) is 15.6. The van der Waals surface area contributed by atoms with Crippen LogP contribution in [-0.4, -0.2) is 33.2 Å². The number of anilines is 1. The highest BCUT2D eigenvalue weighted by Gasteiger charge is 2.43. The zero-order valence-corrected chi connectivity index (χ0v) is 18.0. The van der Waals surface area contributed by atoms with E-state index in [1.807, 2.05) is 0 Å². The molecule has 3 rings (SSSR count). The van der Waals surface area contributed by atoms with Crippen LogP contribution in [0.25, 0.3) is 0 Å². The fraction of sp³-hybridized carbons (Fsp3) is 0.222. The number of alkyl halides is 2. The molecular weight excluding hydrogens is 456 g/mol. The van der Waals surface area contributed by atoms with Gasteiger partial charge in [0, 0.05) is 29.0 Å². The van der Waals surface area contributed by atoms with Crippen molar-refractivity contribution in [2.45, 2.75) is 19.0 Å². The highest BCUT2D eigenvalue weighted by atomic mass is 35.5. The molecule has 0 fully saturated rings. The fourth-order valence-electron chi connectivity index (χ4n) is 2.42. The summed E-state index contributed by atoms with van der Waals surface area (Å²) in [5.74, 6) is -4.90. The van der Waals surface area contributed by atoms with Crippen molar-refractivity contribution in [1.29, 1.82) is 0 Å². The summed E-state index contributed by atoms with van der Waals surface area (Å²) >= 11 is 8.07. The smallest absolute Gasteiger partial charge is 0.333 e. The van der Waals surface area contributed by atoms with Gasteiger partial charge in [0.25, 0.3) is 5.91 Å². The van der Waals surface area contributed by atoms with Crippen molar-refractivity contribution in [3.63, 3.8) is 0 Å². The Morgan fingerprint density at radius 1 is 1.20 bits per heavy atom. The van der Waals surface area contributed by atoms with Crippen LogP contribution in [0.1, 0.15) is 16.3 Å². The molecule has 3 aromatic rings. The van der Waals surface area contributed by atoms with E-state index in [4.69, 9.17) is 11.6 Å². The monoisotopic (exact) mass is 471 g/mol. The molecule has 0 atom stereocenters. The minimum absolute atomic E-state index is 0.139. The first-order valence-corrected chi connectivity index (χ1v) is 10.5. The molecule has 2 heterocycles. The number of amides is 3. The lowest BCUT2D eigenvalue weighted by molar-refractivity contribution is -0.158. The number of likely N-dealkylation sites (N-methyl/N-ethyl adjacent to an activating group) is 1. The fourth-order valence-corrected chi connectivity index (χ4v) is 4.02. The number of aromatic nitrogens is 2. The average molecular weight is 472 g/mol. The van der Waals surface area contributed by atoms with Crippen LogP contribution in [0.15, 0.2) is 42.5 Å². The summed E-state index contributed by atoms with van der Waals surface area (Å²) in [6.07, 6.45) is 0. The Bertz CT molecular complexity index is 1030. The van der Waals surface area contributed by atoms with E-state index < -0.39 is 17.9 Å². The third-order valence-electron chi connectivity index (χ3n) is 3.87. The van der Waals surface area contributed by atoms with Crippen molar-refractivity contribution in [2.75, 3.05) is 12.4 Å². The van der Waals surface area contributed by atoms with Gasteiger partial charge in [0.1, 0.15) is 0 Å². The van der Waals surface area contributed by atoms with E-state index in [2.05, 4.69) is 20.0 Å². The van der Waals surface area contributed by atoms with Gasteiger partial charge < -0.3 is 10.2 Å². The average Bonchev–Trinajstić information content (AvgIpc) is 3.34. The molecule has 2 N–H and O–H groups in total. The van der Waals surface area contributed by atoms with E-state index in [1.54, 1.807) is 18.2 Å². The van der Waals surface area contributed by atoms with Gasteiger partial charge in [-0.05, 0) is 12.1 Å². The Kier molecular flexibility index (Phi) is 6.95. The first-order valence-electron chi connectivity index (χ1n) is 8.56. The first-order chi connectivity index (χ1) is 14.3. The zero-order chi connectivity index (χ0) is 21.7. The van der Waals surface area contributed by atoms with Crippen molar-refractivity contribution in [1.82, 2.24) is 19.6 Å². The Morgan fingerprint density at radius 2 is 1.93 bits per heavy atom. The maximum atomic E-state index is 14.4. The molecule has 1 aromatic carbocycles. The Hall–Kier alpha value is -2.63. The predicted octanol–water partition coefficient (Wildman–Crippen LogP) is 4.33. The molecule has 0 aliphatic rings. The van der Waals surface area contributed by atoms with Crippen LogP contribution in [0.3, 0.4) is 0 Å². The standard InChI is InChI=1S/C18H16ClF2N5O2S2/c1-26(15(27)18(20,21)11-5-3-2-4-6-11)10-14-23-17(30-25-14)24-16(28)22-9-12-7-8-13(19)29-12/h2-8H,9-10H2,1H3,(H2,22,23,24,25,28). The number of rotatable bonds is 7. The van der Waals surface area contributed by atoms with Gasteiger partial charge in [-0.1, -0.05) is 41.9 Å². The summed E-state index contributed by atoms with van der Waals surface area (Å²) in [7, 11) is 1.24. The van der Waals surface area contributed by atoms with Gasteiger partial charge in [-0.2, -0.15) is 13.2 Å². The number of urea groups is 1. The molecule has 0 saturated carbocycles. The number of thiophene rings is 1. The predicted molar refractivity (Wildman–Crippen MR) is 112 cm³/mol. The molecule has 0 aliphatic heterocycles. The highest BCUT2D eigenvalue weighted by Crippen LogP contribution is 2.30. The van der Waals surface area contributed by atoms with Gasteiger partial charge in [0.15, 0.2) is 5.82 Å². The molecule has 0 radical (unpaired) electrons. The maximum absolute atomic E-state index is 14.4. The molecule has 2 aromatic heterocycles. The van der Waals surface area contributed by atoms with Gasteiger partial charge in [-0.15, -0.1) is 11.3 Å². The van der Waals surface area contributed by atoms with Crippen molar-refractivity contribution in [3.8, 4) is 0 Å². The lowest BCUT2D eigenvalue weighted by Gasteiger charge is -2.22. The minimum Gasteiger partial charge on any atom is -0.333 e. The van der Waals surface area contributed by atoms with Crippen molar-refractivity contribution in [3.05, 3.63) is 63.1 Å². The quantitative estimate of drug-likeness (QED) is 0.537. The summed E-state index contributed by atoms with van der Waals surface area (Å²) in [6.45, 7) is 0.0649. The largest absolute Gasteiger partial charge is 0.349 e. The van der Waals surface area contributed by atoms with Crippen LogP contribution < -0.4 is 10.6 Å². The normalized spacial score (nSPS) is 11.2. The molecule has 158 valence electrons. The maximum Gasteiger partial charge on any atom is 0.349 e. The van der Waals surface area contributed by atoms with E-state index in [1.165, 1.54) is 42.6 Å². The topological polar surface area (TPSA) is 87.2 Å². The van der Waals surface area contributed by atoms with Crippen LogP contribution in [-0.2, 0) is 23.8 Å². The summed E-state index contributed by atoms with van der Waals surface area (Å²) in [5.41, 5.74) is -0.390. The number of halogens is 3. The number of carbonyl (C=O) groups excluding carboxylic acids is 2.